The van der Waals surface area contributed by atoms with E-state index >= 15 is 0 Å². The summed E-state index contributed by atoms with van der Waals surface area (Å²) in [4.78, 5) is 0. The van der Waals surface area contributed by atoms with E-state index in [4.69, 9.17) is 16.3 Å². The lowest BCUT2D eigenvalue weighted by atomic mass is 9.89. The number of benzene rings is 2. The number of ether oxygens (including phenoxy) is 1. The van der Waals surface area contributed by atoms with Crippen LogP contribution in [0.3, 0.4) is 0 Å². The zero-order valence-corrected chi connectivity index (χ0v) is 13.7. The summed E-state index contributed by atoms with van der Waals surface area (Å²) in [6.07, 6.45) is 2.30. The first-order valence-corrected chi connectivity index (χ1v) is 7.88. The minimum Gasteiger partial charge on any atom is -0.496 e. The van der Waals surface area contributed by atoms with Crippen LogP contribution in [0.2, 0.25) is 5.02 Å². The summed E-state index contributed by atoms with van der Waals surface area (Å²) < 4.78 is 5.46. The van der Waals surface area contributed by atoms with Gasteiger partial charge in [0.2, 0.25) is 0 Å². The van der Waals surface area contributed by atoms with Crippen molar-refractivity contribution >= 4 is 11.6 Å². The van der Waals surface area contributed by atoms with E-state index in [1.165, 1.54) is 11.1 Å². The molecule has 0 saturated carbocycles. The van der Waals surface area contributed by atoms with Gasteiger partial charge in [-0.1, -0.05) is 55.8 Å². The quantitative estimate of drug-likeness (QED) is 0.632. The highest BCUT2D eigenvalue weighted by atomic mass is 35.5. The summed E-state index contributed by atoms with van der Waals surface area (Å²) in [6, 6.07) is 16.5. The maximum atomic E-state index is 5.94. The predicted octanol–water partition coefficient (Wildman–Crippen LogP) is 6.04. The average molecular weight is 303 g/mol. The highest BCUT2D eigenvalue weighted by Crippen LogP contribution is 2.32. The largest absolute Gasteiger partial charge is 0.496 e. The van der Waals surface area contributed by atoms with Gasteiger partial charge in [0.15, 0.2) is 0 Å². The molecule has 0 aliphatic heterocycles. The number of halogens is 1. The van der Waals surface area contributed by atoms with Crippen LogP contribution in [-0.2, 0) is 0 Å². The number of methoxy groups -OCH3 is 1. The number of hydrogen-bond acceptors (Lipinski definition) is 1. The fraction of sp³-hybridized carbons (Fsp3) is 0.368. The van der Waals surface area contributed by atoms with Gasteiger partial charge in [0.05, 0.1) is 7.11 Å². The molecule has 0 aliphatic rings. The lowest BCUT2D eigenvalue weighted by Crippen LogP contribution is -2.01. The third kappa shape index (κ3) is 4.25. The molecule has 0 N–H and O–H groups in total. The smallest absolute Gasteiger partial charge is 0.122 e. The van der Waals surface area contributed by atoms with Crippen molar-refractivity contribution in [2.45, 2.75) is 38.5 Å². The molecule has 2 aromatic carbocycles. The van der Waals surface area contributed by atoms with Gasteiger partial charge in [-0.2, -0.15) is 0 Å². The summed E-state index contributed by atoms with van der Waals surface area (Å²) in [5, 5.41) is 0.799. The van der Waals surface area contributed by atoms with Crippen molar-refractivity contribution in [1.82, 2.24) is 0 Å². The number of hydrogen-bond donors (Lipinski definition) is 0. The van der Waals surface area contributed by atoms with Crippen LogP contribution < -0.4 is 4.74 Å². The molecule has 2 rings (SSSR count). The van der Waals surface area contributed by atoms with E-state index in [2.05, 4.69) is 38.1 Å². The Labute approximate surface area is 132 Å². The summed E-state index contributed by atoms with van der Waals surface area (Å²) in [5.74, 6) is 2.03. The first-order valence-electron chi connectivity index (χ1n) is 7.50. The van der Waals surface area contributed by atoms with Crippen LogP contribution in [0.1, 0.15) is 49.7 Å². The van der Waals surface area contributed by atoms with E-state index in [0.717, 1.165) is 23.6 Å². The second-order valence-corrected chi connectivity index (χ2v) is 6.11. The van der Waals surface area contributed by atoms with Crippen molar-refractivity contribution in [2.24, 2.45) is 0 Å². The van der Waals surface area contributed by atoms with E-state index in [1.54, 1.807) is 7.11 Å². The molecular formula is C19H23ClO. The molecule has 0 aromatic heterocycles. The first kappa shape index (κ1) is 15.9. The van der Waals surface area contributed by atoms with Gasteiger partial charge < -0.3 is 4.74 Å². The molecule has 0 heterocycles. The standard InChI is InChI=1S/C19H23ClO/c1-14(16-10-12-17(20)13-11-16)8-9-15(2)18-6-4-5-7-19(18)21-3/h4-7,10-15H,8-9H2,1-3H3. The lowest BCUT2D eigenvalue weighted by molar-refractivity contribution is 0.404. The monoisotopic (exact) mass is 302 g/mol. The molecule has 0 amide bonds. The molecule has 0 radical (unpaired) electrons. The molecule has 2 unspecified atom stereocenters. The van der Waals surface area contributed by atoms with Gasteiger partial charge in [-0.3, -0.25) is 0 Å². The van der Waals surface area contributed by atoms with Crippen LogP contribution in [0.4, 0.5) is 0 Å². The van der Waals surface area contributed by atoms with E-state index in [-0.39, 0.29) is 0 Å². The fourth-order valence-corrected chi connectivity index (χ4v) is 2.81. The SMILES string of the molecule is COc1ccccc1C(C)CCC(C)c1ccc(Cl)cc1. The van der Waals surface area contributed by atoms with Crippen molar-refractivity contribution in [3.05, 3.63) is 64.7 Å². The summed E-state index contributed by atoms with van der Waals surface area (Å²) in [5.41, 5.74) is 2.65. The Bertz CT molecular complexity index is 562. The Hall–Kier alpha value is -1.47. The Morgan fingerprint density at radius 3 is 2.19 bits per heavy atom. The van der Waals surface area contributed by atoms with Crippen LogP contribution in [0.5, 0.6) is 5.75 Å². The third-order valence-electron chi connectivity index (χ3n) is 4.14. The van der Waals surface area contributed by atoms with Gasteiger partial charge >= 0.3 is 0 Å². The van der Waals surface area contributed by atoms with E-state index in [0.29, 0.717) is 11.8 Å². The normalized spacial score (nSPS) is 13.7. The Kier molecular flexibility index (Phi) is 5.69. The van der Waals surface area contributed by atoms with Crippen LogP contribution in [0.15, 0.2) is 48.5 Å². The molecule has 0 saturated heterocycles. The second-order valence-electron chi connectivity index (χ2n) is 5.67. The van der Waals surface area contributed by atoms with Crippen molar-refractivity contribution < 1.29 is 4.74 Å². The topological polar surface area (TPSA) is 9.23 Å². The molecular weight excluding hydrogens is 280 g/mol. The summed E-state index contributed by atoms with van der Waals surface area (Å²) >= 11 is 5.94. The molecule has 2 aromatic rings. The van der Waals surface area contributed by atoms with Gasteiger partial charge in [-0.25, -0.2) is 0 Å². The molecule has 0 spiro atoms. The van der Waals surface area contributed by atoms with Crippen LogP contribution in [-0.4, -0.2) is 7.11 Å². The maximum Gasteiger partial charge on any atom is 0.122 e. The lowest BCUT2D eigenvalue weighted by Gasteiger charge is -2.18. The Morgan fingerprint density at radius 2 is 1.52 bits per heavy atom. The summed E-state index contributed by atoms with van der Waals surface area (Å²) in [7, 11) is 1.74. The van der Waals surface area contributed by atoms with Crippen molar-refractivity contribution in [3.8, 4) is 5.75 Å². The van der Waals surface area contributed by atoms with Gasteiger partial charge in [0.1, 0.15) is 5.75 Å². The highest BCUT2D eigenvalue weighted by Gasteiger charge is 2.13. The van der Waals surface area contributed by atoms with Gasteiger partial charge in [0.25, 0.3) is 0 Å². The highest BCUT2D eigenvalue weighted by molar-refractivity contribution is 6.30. The Balaban J connectivity index is 1.97. The van der Waals surface area contributed by atoms with Gasteiger partial charge in [-0.15, -0.1) is 0 Å². The van der Waals surface area contributed by atoms with Crippen molar-refractivity contribution in [1.29, 1.82) is 0 Å². The van der Waals surface area contributed by atoms with Gasteiger partial charge in [0, 0.05) is 5.02 Å². The molecule has 0 bridgehead atoms. The molecule has 0 fully saturated rings. The third-order valence-corrected chi connectivity index (χ3v) is 4.39. The molecule has 0 aliphatic carbocycles. The summed E-state index contributed by atoms with van der Waals surface area (Å²) in [6.45, 7) is 4.55. The minimum atomic E-state index is 0.496. The van der Waals surface area contributed by atoms with E-state index in [1.807, 2.05) is 24.3 Å². The van der Waals surface area contributed by atoms with Crippen LogP contribution in [0.25, 0.3) is 0 Å². The van der Waals surface area contributed by atoms with Crippen molar-refractivity contribution in [3.63, 3.8) is 0 Å². The molecule has 2 atom stereocenters. The molecule has 2 heteroatoms. The van der Waals surface area contributed by atoms with Crippen molar-refractivity contribution in [2.75, 3.05) is 7.11 Å². The van der Waals surface area contributed by atoms with Gasteiger partial charge in [-0.05, 0) is 54.0 Å². The fourth-order valence-electron chi connectivity index (χ4n) is 2.69. The minimum absolute atomic E-state index is 0.496. The Morgan fingerprint density at radius 1 is 0.905 bits per heavy atom. The number of rotatable bonds is 6. The molecule has 112 valence electrons. The maximum absolute atomic E-state index is 5.94. The van der Waals surface area contributed by atoms with E-state index < -0.39 is 0 Å². The van der Waals surface area contributed by atoms with Crippen LogP contribution in [0, 0.1) is 0 Å². The second kappa shape index (κ2) is 7.51. The molecule has 21 heavy (non-hydrogen) atoms. The predicted molar refractivity (Wildman–Crippen MR) is 90.5 cm³/mol. The average Bonchev–Trinajstić information content (AvgIpc) is 2.52. The number of para-hydroxylation sites is 1. The zero-order valence-electron chi connectivity index (χ0n) is 13.0. The van der Waals surface area contributed by atoms with E-state index in [9.17, 15) is 0 Å². The molecule has 1 nitrogen and oxygen atoms in total. The first-order chi connectivity index (χ1) is 10.1. The van der Waals surface area contributed by atoms with Crippen LogP contribution >= 0.6 is 11.6 Å². The zero-order chi connectivity index (χ0) is 15.2.